The van der Waals surface area contributed by atoms with Gasteiger partial charge in [-0.3, -0.25) is 4.79 Å². The van der Waals surface area contributed by atoms with Crippen molar-refractivity contribution in [1.82, 2.24) is 4.90 Å². The summed E-state index contributed by atoms with van der Waals surface area (Å²) in [6.07, 6.45) is 1.99. The zero-order chi connectivity index (χ0) is 16.8. The number of nitriles is 1. The molecule has 2 heterocycles. The maximum Gasteiger partial charge on any atom is 0.272 e. The van der Waals surface area contributed by atoms with Crippen LogP contribution in [0.5, 0.6) is 0 Å². The number of amides is 1. The van der Waals surface area contributed by atoms with E-state index in [-0.39, 0.29) is 18.4 Å². The van der Waals surface area contributed by atoms with E-state index in [1.54, 1.807) is 23.3 Å². The van der Waals surface area contributed by atoms with E-state index in [1.807, 2.05) is 30.3 Å². The quantitative estimate of drug-likeness (QED) is 0.818. The highest BCUT2D eigenvalue weighted by atomic mass is 16.6. The Labute approximate surface area is 139 Å². The molecule has 0 aliphatic carbocycles. The molecule has 0 saturated heterocycles. The number of carbonyl (C=O) groups excluding carboxylic acids is 1. The second kappa shape index (κ2) is 7.47. The molecule has 3 rings (SSSR count). The van der Waals surface area contributed by atoms with Crippen LogP contribution >= 0.6 is 0 Å². The molecule has 1 unspecified atom stereocenters. The molecular formula is C18H17N3O3. The smallest absolute Gasteiger partial charge is 0.272 e. The van der Waals surface area contributed by atoms with Crippen LogP contribution in [-0.4, -0.2) is 23.1 Å². The Balaban J connectivity index is 1.67. The highest BCUT2D eigenvalue weighted by Crippen LogP contribution is 2.27. The molecule has 0 saturated carbocycles. The Morgan fingerprint density at radius 3 is 2.83 bits per heavy atom. The van der Waals surface area contributed by atoms with Gasteiger partial charge in [-0.1, -0.05) is 35.5 Å². The van der Waals surface area contributed by atoms with Gasteiger partial charge in [0.25, 0.3) is 5.91 Å². The van der Waals surface area contributed by atoms with E-state index in [0.29, 0.717) is 31.0 Å². The van der Waals surface area contributed by atoms with Gasteiger partial charge in [0, 0.05) is 13.0 Å². The van der Waals surface area contributed by atoms with Crippen LogP contribution in [0, 0.1) is 11.3 Å². The fraction of sp³-hybridized carbons (Fsp3) is 0.278. The molecule has 0 bridgehead atoms. The second-order valence-electron chi connectivity index (χ2n) is 5.46. The Kier molecular flexibility index (Phi) is 4.92. The number of carbonyl (C=O) groups is 1. The summed E-state index contributed by atoms with van der Waals surface area (Å²) in [4.78, 5) is 19.7. The van der Waals surface area contributed by atoms with Gasteiger partial charge in [-0.25, -0.2) is 0 Å². The van der Waals surface area contributed by atoms with Gasteiger partial charge >= 0.3 is 0 Å². The first-order valence-corrected chi connectivity index (χ1v) is 7.74. The molecule has 0 spiro atoms. The predicted molar refractivity (Wildman–Crippen MR) is 86.7 cm³/mol. The van der Waals surface area contributed by atoms with Gasteiger partial charge in [-0.15, -0.1) is 0 Å². The number of hydrogen-bond acceptors (Lipinski definition) is 5. The summed E-state index contributed by atoms with van der Waals surface area (Å²) in [6.45, 7) is 0.633. The van der Waals surface area contributed by atoms with E-state index in [4.69, 9.17) is 14.5 Å². The third-order valence-corrected chi connectivity index (χ3v) is 3.79. The van der Waals surface area contributed by atoms with Crippen LogP contribution in [0.2, 0.25) is 0 Å². The molecule has 0 N–H and O–H groups in total. The van der Waals surface area contributed by atoms with Crippen LogP contribution in [0.4, 0.5) is 0 Å². The van der Waals surface area contributed by atoms with E-state index in [2.05, 4.69) is 11.2 Å². The maximum atomic E-state index is 12.7. The topological polar surface area (TPSA) is 78.8 Å². The molecule has 1 aliphatic heterocycles. The zero-order valence-corrected chi connectivity index (χ0v) is 13.1. The van der Waals surface area contributed by atoms with Crippen molar-refractivity contribution >= 4 is 11.6 Å². The highest BCUT2D eigenvalue weighted by molar-refractivity contribution is 6.39. The zero-order valence-electron chi connectivity index (χ0n) is 13.1. The van der Waals surface area contributed by atoms with Crippen molar-refractivity contribution in [1.29, 1.82) is 5.26 Å². The molecule has 0 radical (unpaired) electrons. The maximum absolute atomic E-state index is 12.7. The minimum absolute atomic E-state index is 0.222. The lowest BCUT2D eigenvalue weighted by Crippen LogP contribution is -2.36. The Morgan fingerprint density at radius 2 is 2.12 bits per heavy atom. The lowest BCUT2D eigenvalue weighted by molar-refractivity contribution is -0.125. The van der Waals surface area contributed by atoms with Crippen LogP contribution in [0.25, 0.3) is 0 Å². The molecule has 0 fully saturated rings. The van der Waals surface area contributed by atoms with Crippen molar-refractivity contribution in [2.24, 2.45) is 5.16 Å². The first-order chi connectivity index (χ1) is 11.8. The van der Waals surface area contributed by atoms with Crippen LogP contribution < -0.4 is 0 Å². The molecule has 1 aliphatic rings. The van der Waals surface area contributed by atoms with E-state index >= 15 is 0 Å². The lowest BCUT2D eigenvalue weighted by Gasteiger charge is -2.19. The molecule has 6 heteroatoms. The average molecular weight is 323 g/mol. The molecule has 1 aromatic heterocycles. The molecule has 1 aromatic carbocycles. The van der Waals surface area contributed by atoms with Gasteiger partial charge in [0.15, 0.2) is 6.10 Å². The van der Waals surface area contributed by atoms with Crippen molar-refractivity contribution in [3.63, 3.8) is 0 Å². The SMILES string of the molecule is N#CCCN(Cc1ccco1)C(=O)C1=NOC(c2ccccc2)C1. The van der Waals surface area contributed by atoms with Gasteiger partial charge in [-0.05, 0) is 17.7 Å². The van der Waals surface area contributed by atoms with Crippen molar-refractivity contribution in [2.45, 2.75) is 25.5 Å². The second-order valence-corrected chi connectivity index (χ2v) is 5.46. The van der Waals surface area contributed by atoms with Crippen LogP contribution in [-0.2, 0) is 16.2 Å². The summed E-state index contributed by atoms with van der Waals surface area (Å²) >= 11 is 0. The van der Waals surface area contributed by atoms with E-state index in [1.165, 1.54) is 0 Å². The third kappa shape index (κ3) is 3.63. The minimum atomic E-state index is -0.244. The average Bonchev–Trinajstić information content (AvgIpc) is 3.30. The molecule has 1 atom stereocenters. The van der Waals surface area contributed by atoms with Crippen molar-refractivity contribution in [3.05, 3.63) is 60.1 Å². The monoisotopic (exact) mass is 323 g/mol. The van der Waals surface area contributed by atoms with Gasteiger partial charge in [0.05, 0.1) is 25.3 Å². The highest BCUT2D eigenvalue weighted by Gasteiger charge is 2.30. The molecule has 1 amide bonds. The molecule has 6 nitrogen and oxygen atoms in total. The normalized spacial score (nSPS) is 16.1. The van der Waals surface area contributed by atoms with E-state index < -0.39 is 0 Å². The van der Waals surface area contributed by atoms with Crippen LogP contribution in [0.1, 0.15) is 30.3 Å². The largest absolute Gasteiger partial charge is 0.467 e. The molecule has 122 valence electrons. The van der Waals surface area contributed by atoms with Gasteiger partial charge < -0.3 is 14.2 Å². The van der Waals surface area contributed by atoms with Gasteiger partial charge in [0.2, 0.25) is 0 Å². The summed E-state index contributed by atoms with van der Waals surface area (Å²) in [6, 6.07) is 15.3. The number of benzene rings is 1. The number of rotatable bonds is 6. The number of oxime groups is 1. The number of furan rings is 1. The van der Waals surface area contributed by atoms with E-state index in [9.17, 15) is 4.79 Å². The predicted octanol–water partition coefficient (Wildman–Crippen LogP) is 3.04. The van der Waals surface area contributed by atoms with E-state index in [0.717, 1.165) is 5.56 Å². The van der Waals surface area contributed by atoms with Gasteiger partial charge in [-0.2, -0.15) is 5.26 Å². The molecular weight excluding hydrogens is 306 g/mol. The fourth-order valence-electron chi connectivity index (χ4n) is 2.56. The van der Waals surface area contributed by atoms with Crippen molar-refractivity contribution in [3.8, 4) is 6.07 Å². The summed E-state index contributed by atoms with van der Waals surface area (Å²) in [5, 5.41) is 12.8. The van der Waals surface area contributed by atoms with Crippen molar-refractivity contribution in [2.75, 3.05) is 6.54 Å². The summed E-state index contributed by atoms with van der Waals surface area (Å²) in [5.74, 6) is 0.445. The Morgan fingerprint density at radius 1 is 1.29 bits per heavy atom. The fourth-order valence-corrected chi connectivity index (χ4v) is 2.56. The lowest BCUT2D eigenvalue weighted by atomic mass is 10.0. The standard InChI is InChI=1S/C18H17N3O3/c19-9-5-10-21(13-15-8-4-11-23-15)18(22)16-12-17(24-20-16)14-6-2-1-3-7-14/h1-4,6-8,11,17H,5,10,12-13H2. The first kappa shape index (κ1) is 15.8. The van der Waals surface area contributed by atoms with Crippen LogP contribution in [0.15, 0.2) is 58.3 Å². The minimum Gasteiger partial charge on any atom is -0.467 e. The van der Waals surface area contributed by atoms with Crippen molar-refractivity contribution < 1.29 is 14.0 Å². The molecule has 2 aromatic rings. The summed E-state index contributed by atoms with van der Waals surface area (Å²) in [5.41, 5.74) is 1.35. The van der Waals surface area contributed by atoms with Gasteiger partial charge in [0.1, 0.15) is 11.5 Å². The summed E-state index contributed by atoms with van der Waals surface area (Å²) < 4.78 is 5.30. The first-order valence-electron chi connectivity index (χ1n) is 7.74. The summed E-state index contributed by atoms with van der Waals surface area (Å²) in [7, 11) is 0. The third-order valence-electron chi connectivity index (χ3n) is 3.79. The molecule has 24 heavy (non-hydrogen) atoms. The Bertz CT molecular complexity index is 748. The van der Waals surface area contributed by atoms with Crippen LogP contribution in [0.3, 0.4) is 0 Å². The number of hydrogen-bond donors (Lipinski definition) is 0. The Hall–Kier alpha value is -3.07. The number of nitrogens with zero attached hydrogens (tertiary/aromatic N) is 3.